The van der Waals surface area contributed by atoms with Crippen molar-refractivity contribution in [1.29, 1.82) is 0 Å². The van der Waals surface area contributed by atoms with Gasteiger partial charge in [0.15, 0.2) is 0 Å². The number of benzene rings is 1. The van der Waals surface area contributed by atoms with E-state index in [-0.39, 0.29) is 12.0 Å². The maximum absolute atomic E-state index is 11.3. The Bertz CT molecular complexity index is 759. The minimum Gasteiger partial charge on any atom is -0.496 e. The summed E-state index contributed by atoms with van der Waals surface area (Å²) in [6, 6.07) is 9.92. The number of thiophene rings is 1. The molecule has 0 amide bonds. The molecule has 1 atom stereocenters. The summed E-state index contributed by atoms with van der Waals surface area (Å²) in [4.78, 5) is 14.7. The third kappa shape index (κ3) is 4.19. The number of ether oxygens (including phenoxy) is 1. The first-order valence-corrected chi connectivity index (χ1v) is 10.0. The molecule has 1 fully saturated rings. The molecule has 1 aliphatic rings. The molecule has 1 aromatic carbocycles. The van der Waals surface area contributed by atoms with Crippen molar-refractivity contribution in [3.05, 3.63) is 49.6 Å². The van der Waals surface area contributed by atoms with E-state index in [1.54, 1.807) is 18.4 Å². The van der Waals surface area contributed by atoms with E-state index >= 15 is 0 Å². The molecule has 0 spiro atoms. The van der Waals surface area contributed by atoms with E-state index in [2.05, 4.69) is 26.9 Å². The van der Waals surface area contributed by atoms with Crippen LogP contribution in [0.5, 0.6) is 5.75 Å². The topological polar surface area (TPSA) is 49.8 Å². The van der Waals surface area contributed by atoms with Crippen LogP contribution in [0.15, 0.2) is 34.8 Å². The molecule has 25 heavy (non-hydrogen) atoms. The number of aliphatic carboxylic acids is 1. The molecule has 2 heterocycles. The quantitative estimate of drug-likeness (QED) is 0.700. The van der Waals surface area contributed by atoms with Crippen molar-refractivity contribution in [1.82, 2.24) is 4.90 Å². The molecule has 4 nitrogen and oxygen atoms in total. The summed E-state index contributed by atoms with van der Waals surface area (Å²) in [5.41, 5.74) is 1.06. The third-order valence-corrected chi connectivity index (χ3v) is 6.37. The lowest BCUT2D eigenvalue weighted by molar-refractivity contribution is -0.143. The van der Waals surface area contributed by atoms with E-state index in [1.807, 2.05) is 24.3 Å². The van der Waals surface area contributed by atoms with Crippen LogP contribution in [0.2, 0.25) is 4.34 Å². The van der Waals surface area contributed by atoms with Gasteiger partial charge in [0.1, 0.15) is 5.75 Å². The minimum absolute atomic E-state index is 0.000283. The SMILES string of the molecule is COc1ccc(Br)cc1C(c1ccc(Cl)s1)N1CCC(C(=O)O)CC1. The Hall–Kier alpha value is -1.08. The van der Waals surface area contributed by atoms with Crippen LogP contribution in [-0.4, -0.2) is 36.2 Å². The van der Waals surface area contributed by atoms with Gasteiger partial charge in [0.25, 0.3) is 0 Å². The number of hydrogen-bond donors (Lipinski definition) is 1. The van der Waals surface area contributed by atoms with Crippen molar-refractivity contribution in [3.63, 3.8) is 0 Å². The summed E-state index contributed by atoms with van der Waals surface area (Å²) < 4.78 is 7.32. The summed E-state index contributed by atoms with van der Waals surface area (Å²) >= 11 is 11.3. The number of likely N-dealkylation sites (tertiary alicyclic amines) is 1. The molecule has 7 heteroatoms. The zero-order chi connectivity index (χ0) is 18.0. The number of carbonyl (C=O) groups is 1. The van der Waals surface area contributed by atoms with Crippen LogP contribution in [0, 0.1) is 5.92 Å². The van der Waals surface area contributed by atoms with Gasteiger partial charge in [-0.25, -0.2) is 0 Å². The number of halogens is 2. The maximum Gasteiger partial charge on any atom is 0.306 e. The Labute approximate surface area is 164 Å². The van der Waals surface area contributed by atoms with Crippen molar-refractivity contribution in [2.45, 2.75) is 18.9 Å². The van der Waals surface area contributed by atoms with Crippen LogP contribution >= 0.6 is 38.9 Å². The lowest BCUT2D eigenvalue weighted by Gasteiger charge is -2.37. The van der Waals surface area contributed by atoms with Crippen molar-refractivity contribution >= 4 is 44.8 Å². The van der Waals surface area contributed by atoms with Gasteiger partial charge in [-0.2, -0.15) is 0 Å². The summed E-state index contributed by atoms with van der Waals surface area (Å²) in [6.07, 6.45) is 1.31. The lowest BCUT2D eigenvalue weighted by Crippen LogP contribution is -2.39. The van der Waals surface area contributed by atoms with E-state index in [4.69, 9.17) is 16.3 Å². The average Bonchev–Trinajstić information content (AvgIpc) is 3.02. The number of nitrogens with zero attached hydrogens (tertiary/aromatic N) is 1. The Morgan fingerprint density at radius 3 is 2.64 bits per heavy atom. The van der Waals surface area contributed by atoms with E-state index in [0.717, 1.165) is 38.1 Å². The molecule has 134 valence electrons. The molecule has 0 saturated carbocycles. The fourth-order valence-corrected chi connectivity index (χ4v) is 4.92. The summed E-state index contributed by atoms with van der Waals surface area (Å²) in [5.74, 6) is -0.137. The Balaban J connectivity index is 1.97. The first-order valence-electron chi connectivity index (χ1n) is 8.05. The van der Waals surface area contributed by atoms with Gasteiger partial charge in [0, 0.05) is 14.9 Å². The standard InChI is InChI=1S/C18H19BrClNO3S/c1-24-14-3-2-12(19)10-13(14)17(15-4-5-16(20)25-15)21-8-6-11(7-9-21)18(22)23/h2-5,10-11,17H,6-9H2,1H3,(H,22,23). The van der Waals surface area contributed by atoms with E-state index in [9.17, 15) is 9.90 Å². The smallest absolute Gasteiger partial charge is 0.306 e. The van der Waals surface area contributed by atoms with Gasteiger partial charge in [0.05, 0.1) is 23.4 Å². The van der Waals surface area contributed by atoms with Crippen LogP contribution < -0.4 is 4.74 Å². The zero-order valence-corrected chi connectivity index (χ0v) is 16.9. The van der Waals surface area contributed by atoms with Crippen LogP contribution in [-0.2, 0) is 4.79 Å². The van der Waals surface area contributed by atoms with Gasteiger partial charge in [-0.3, -0.25) is 9.69 Å². The fourth-order valence-electron chi connectivity index (χ4n) is 3.33. The largest absolute Gasteiger partial charge is 0.496 e. The number of carboxylic acids is 1. The number of hydrogen-bond acceptors (Lipinski definition) is 4. The van der Waals surface area contributed by atoms with Gasteiger partial charge in [-0.15, -0.1) is 11.3 Å². The van der Waals surface area contributed by atoms with Crippen molar-refractivity contribution in [2.24, 2.45) is 5.92 Å². The number of rotatable bonds is 5. The van der Waals surface area contributed by atoms with E-state index < -0.39 is 5.97 Å². The summed E-state index contributed by atoms with van der Waals surface area (Å²) in [6.45, 7) is 1.46. The monoisotopic (exact) mass is 443 g/mol. The summed E-state index contributed by atoms with van der Waals surface area (Å²) in [5, 5.41) is 9.26. The van der Waals surface area contributed by atoms with Gasteiger partial charge in [0.2, 0.25) is 0 Å². The highest BCUT2D eigenvalue weighted by Crippen LogP contribution is 2.41. The van der Waals surface area contributed by atoms with Crippen molar-refractivity contribution in [2.75, 3.05) is 20.2 Å². The van der Waals surface area contributed by atoms with Gasteiger partial charge >= 0.3 is 5.97 Å². The van der Waals surface area contributed by atoms with Crippen molar-refractivity contribution < 1.29 is 14.6 Å². The summed E-state index contributed by atoms with van der Waals surface area (Å²) in [7, 11) is 1.67. The Kier molecular flexibility index (Phi) is 6.04. The van der Waals surface area contributed by atoms with Gasteiger partial charge in [-0.1, -0.05) is 27.5 Å². The fraction of sp³-hybridized carbons (Fsp3) is 0.389. The highest BCUT2D eigenvalue weighted by molar-refractivity contribution is 9.10. The van der Waals surface area contributed by atoms with Gasteiger partial charge < -0.3 is 9.84 Å². The van der Waals surface area contributed by atoms with Crippen LogP contribution in [0.1, 0.15) is 29.3 Å². The number of carboxylic acid groups (broad SMARTS) is 1. The average molecular weight is 445 g/mol. The highest BCUT2D eigenvalue weighted by Gasteiger charge is 2.32. The molecule has 2 aromatic rings. The molecular weight excluding hydrogens is 426 g/mol. The highest BCUT2D eigenvalue weighted by atomic mass is 79.9. The molecule has 1 aliphatic heterocycles. The predicted octanol–water partition coefficient (Wildman–Crippen LogP) is 5.06. The third-order valence-electron chi connectivity index (χ3n) is 4.59. The van der Waals surface area contributed by atoms with Crippen molar-refractivity contribution in [3.8, 4) is 5.75 Å². The second kappa shape index (κ2) is 8.08. The van der Waals surface area contributed by atoms with E-state index in [0.29, 0.717) is 12.8 Å². The predicted molar refractivity (Wildman–Crippen MR) is 104 cm³/mol. The Morgan fingerprint density at radius 2 is 2.08 bits per heavy atom. The van der Waals surface area contributed by atoms with Gasteiger partial charge in [-0.05, 0) is 56.3 Å². The van der Waals surface area contributed by atoms with E-state index in [1.165, 1.54) is 0 Å². The molecule has 1 N–H and O–H groups in total. The zero-order valence-electron chi connectivity index (χ0n) is 13.7. The minimum atomic E-state index is -0.699. The molecule has 1 saturated heterocycles. The van der Waals surface area contributed by atoms with Crippen LogP contribution in [0.3, 0.4) is 0 Å². The molecule has 1 unspecified atom stereocenters. The molecule has 0 aliphatic carbocycles. The number of methoxy groups -OCH3 is 1. The maximum atomic E-state index is 11.3. The normalized spacial score (nSPS) is 17.4. The molecule has 0 bridgehead atoms. The lowest BCUT2D eigenvalue weighted by atomic mass is 9.93. The van der Waals surface area contributed by atoms with Crippen LogP contribution in [0.25, 0.3) is 0 Å². The Morgan fingerprint density at radius 1 is 1.36 bits per heavy atom. The molecular formula is C18H19BrClNO3S. The first-order chi connectivity index (χ1) is 12.0. The molecule has 3 rings (SSSR count). The second-order valence-electron chi connectivity index (χ2n) is 6.08. The molecule has 0 radical (unpaired) electrons. The molecule has 1 aromatic heterocycles. The number of piperidine rings is 1. The second-order valence-corrected chi connectivity index (χ2v) is 8.74. The van der Waals surface area contributed by atoms with Crippen LogP contribution in [0.4, 0.5) is 0 Å². The first kappa shape index (κ1) is 18.7.